The van der Waals surface area contributed by atoms with Crippen LogP contribution in [0.2, 0.25) is 5.02 Å². The van der Waals surface area contributed by atoms with Crippen molar-refractivity contribution in [3.63, 3.8) is 0 Å². The lowest BCUT2D eigenvalue weighted by Gasteiger charge is -2.15. The molecule has 0 radical (unpaired) electrons. The van der Waals surface area contributed by atoms with Gasteiger partial charge in [-0.25, -0.2) is 0 Å². The van der Waals surface area contributed by atoms with Gasteiger partial charge in [-0.2, -0.15) is 0 Å². The molecule has 1 amide bonds. The highest BCUT2D eigenvalue weighted by molar-refractivity contribution is 9.10. The Morgan fingerprint density at radius 3 is 2.78 bits per heavy atom. The largest absolute Gasteiger partial charge is 0.342 e. The van der Waals surface area contributed by atoms with Crippen LogP contribution in [0.4, 0.5) is 0 Å². The quantitative estimate of drug-likeness (QED) is 0.920. The van der Waals surface area contributed by atoms with E-state index in [9.17, 15) is 4.79 Å². The van der Waals surface area contributed by atoms with Crippen molar-refractivity contribution in [2.24, 2.45) is 0 Å². The van der Waals surface area contributed by atoms with E-state index in [1.54, 1.807) is 0 Å². The second-order valence-corrected chi connectivity index (χ2v) is 5.70. The Labute approximate surface area is 121 Å². The summed E-state index contributed by atoms with van der Waals surface area (Å²) in [6.45, 7) is 2.87. The molecule has 1 aliphatic heterocycles. The third-order valence-corrected chi connectivity index (χ3v) is 4.28. The summed E-state index contributed by atoms with van der Waals surface area (Å²) in [7, 11) is 0. The summed E-state index contributed by atoms with van der Waals surface area (Å²) in [6.07, 6.45) is 2.27. The van der Waals surface area contributed by atoms with Crippen molar-refractivity contribution < 1.29 is 4.79 Å². The summed E-state index contributed by atoms with van der Waals surface area (Å²) >= 11 is 9.36. The minimum Gasteiger partial charge on any atom is -0.342 e. The van der Waals surface area contributed by atoms with Crippen molar-refractivity contribution in [3.05, 3.63) is 33.3 Å². The molecule has 0 unspecified atom stereocenters. The first kappa shape index (κ1) is 13.8. The van der Waals surface area contributed by atoms with Crippen LogP contribution in [0, 0.1) is 0 Å². The van der Waals surface area contributed by atoms with Crippen LogP contribution >= 0.6 is 27.5 Å². The van der Waals surface area contributed by atoms with Gasteiger partial charge in [0.25, 0.3) is 0 Å². The molecule has 2 rings (SSSR count). The molecule has 1 heterocycles. The number of rotatable bonds is 4. The van der Waals surface area contributed by atoms with Gasteiger partial charge in [0.2, 0.25) is 5.91 Å². The van der Waals surface area contributed by atoms with Crippen LogP contribution < -0.4 is 5.32 Å². The Balaban J connectivity index is 1.77. The first-order chi connectivity index (χ1) is 8.66. The zero-order valence-corrected chi connectivity index (χ0v) is 12.4. The molecule has 98 valence electrons. The fourth-order valence-corrected chi connectivity index (χ4v) is 2.49. The summed E-state index contributed by atoms with van der Waals surface area (Å²) in [5.74, 6) is 0.190. The molecule has 1 saturated heterocycles. The van der Waals surface area contributed by atoms with Crippen LogP contribution in [0.1, 0.15) is 18.4 Å². The molecule has 0 spiro atoms. The van der Waals surface area contributed by atoms with Gasteiger partial charge >= 0.3 is 0 Å². The molecule has 18 heavy (non-hydrogen) atoms. The molecule has 0 aliphatic carbocycles. The SMILES string of the molecule is O=C(CNCc1ccc(Br)c(Cl)c1)N1CCCC1. The highest BCUT2D eigenvalue weighted by Crippen LogP contribution is 2.23. The van der Waals surface area contributed by atoms with Crippen molar-refractivity contribution >= 4 is 33.4 Å². The maximum absolute atomic E-state index is 11.8. The van der Waals surface area contributed by atoms with Crippen molar-refractivity contribution in [1.82, 2.24) is 10.2 Å². The number of carbonyl (C=O) groups is 1. The normalized spacial score (nSPS) is 15.1. The molecule has 1 aliphatic rings. The highest BCUT2D eigenvalue weighted by Gasteiger charge is 2.16. The molecular weight excluding hydrogens is 316 g/mol. The van der Waals surface area contributed by atoms with E-state index in [0.717, 1.165) is 36.0 Å². The molecule has 1 N–H and O–H groups in total. The van der Waals surface area contributed by atoms with E-state index in [4.69, 9.17) is 11.6 Å². The van der Waals surface area contributed by atoms with E-state index in [2.05, 4.69) is 21.2 Å². The predicted molar refractivity (Wildman–Crippen MR) is 76.7 cm³/mol. The lowest BCUT2D eigenvalue weighted by atomic mass is 10.2. The number of amides is 1. The molecule has 0 atom stereocenters. The van der Waals surface area contributed by atoms with Crippen LogP contribution in [0.25, 0.3) is 0 Å². The molecule has 1 fully saturated rings. The van der Waals surface area contributed by atoms with Gasteiger partial charge < -0.3 is 10.2 Å². The summed E-state index contributed by atoms with van der Waals surface area (Å²) in [5.41, 5.74) is 1.08. The van der Waals surface area contributed by atoms with Crippen LogP contribution in [0.15, 0.2) is 22.7 Å². The lowest BCUT2D eigenvalue weighted by molar-refractivity contribution is -0.129. The number of hydrogen-bond acceptors (Lipinski definition) is 2. The first-order valence-corrected chi connectivity index (χ1v) is 7.26. The fraction of sp³-hybridized carbons (Fsp3) is 0.462. The molecular formula is C13H16BrClN2O. The van der Waals surface area contributed by atoms with E-state index >= 15 is 0 Å². The Bertz CT molecular complexity index is 433. The van der Waals surface area contributed by atoms with Gasteiger partial charge in [0, 0.05) is 24.1 Å². The average molecular weight is 332 g/mol. The predicted octanol–water partition coefficient (Wildman–Crippen LogP) is 2.81. The maximum Gasteiger partial charge on any atom is 0.236 e. The number of halogens is 2. The topological polar surface area (TPSA) is 32.3 Å². The lowest BCUT2D eigenvalue weighted by Crippen LogP contribution is -2.35. The maximum atomic E-state index is 11.8. The van der Waals surface area contributed by atoms with E-state index < -0.39 is 0 Å². The molecule has 1 aromatic carbocycles. The number of nitrogens with one attached hydrogen (secondary N) is 1. The van der Waals surface area contributed by atoms with Crippen molar-refractivity contribution in [2.75, 3.05) is 19.6 Å². The minimum absolute atomic E-state index is 0.190. The first-order valence-electron chi connectivity index (χ1n) is 6.09. The van der Waals surface area contributed by atoms with Crippen molar-refractivity contribution in [2.45, 2.75) is 19.4 Å². The summed E-state index contributed by atoms with van der Waals surface area (Å²) in [6, 6.07) is 5.81. The molecule has 1 aromatic rings. The summed E-state index contributed by atoms with van der Waals surface area (Å²) in [4.78, 5) is 13.7. The number of hydrogen-bond donors (Lipinski definition) is 1. The number of benzene rings is 1. The van der Waals surface area contributed by atoms with Gasteiger partial charge in [-0.05, 0) is 46.5 Å². The minimum atomic E-state index is 0.190. The summed E-state index contributed by atoms with van der Waals surface area (Å²) < 4.78 is 0.890. The zero-order chi connectivity index (χ0) is 13.0. The number of likely N-dealkylation sites (tertiary alicyclic amines) is 1. The van der Waals surface area contributed by atoms with E-state index in [0.29, 0.717) is 18.1 Å². The average Bonchev–Trinajstić information content (AvgIpc) is 2.87. The van der Waals surface area contributed by atoms with Crippen molar-refractivity contribution in [1.29, 1.82) is 0 Å². The standard InChI is InChI=1S/C13H16BrClN2O/c14-11-4-3-10(7-12(11)15)8-16-9-13(18)17-5-1-2-6-17/h3-4,7,16H,1-2,5-6,8-9H2. The Hall–Kier alpha value is -0.580. The third-order valence-electron chi connectivity index (χ3n) is 3.05. The van der Waals surface area contributed by atoms with Crippen LogP contribution in [-0.4, -0.2) is 30.4 Å². The molecule has 3 nitrogen and oxygen atoms in total. The van der Waals surface area contributed by atoms with Gasteiger partial charge in [-0.1, -0.05) is 17.7 Å². The number of nitrogens with zero attached hydrogens (tertiary/aromatic N) is 1. The van der Waals surface area contributed by atoms with Crippen LogP contribution in [0.3, 0.4) is 0 Å². The molecule has 5 heteroatoms. The second kappa shape index (κ2) is 6.55. The Morgan fingerprint density at radius 2 is 2.11 bits per heavy atom. The van der Waals surface area contributed by atoms with Crippen LogP contribution in [-0.2, 0) is 11.3 Å². The third kappa shape index (κ3) is 3.70. The van der Waals surface area contributed by atoms with Crippen molar-refractivity contribution in [3.8, 4) is 0 Å². The summed E-state index contributed by atoms with van der Waals surface area (Å²) in [5, 5.41) is 3.85. The van der Waals surface area contributed by atoms with E-state index in [-0.39, 0.29) is 5.91 Å². The Morgan fingerprint density at radius 1 is 1.39 bits per heavy atom. The smallest absolute Gasteiger partial charge is 0.236 e. The number of carbonyl (C=O) groups excluding carboxylic acids is 1. The van der Waals surface area contributed by atoms with Crippen LogP contribution in [0.5, 0.6) is 0 Å². The van der Waals surface area contributed by atoms with Gasteiger partial charge in [0.05, 0.1) is 11.6 Å². The van der Waals surface area contributed by atoms with E-state index in [1.165, 1.54) is 0 Å². The molecule has 0 bridgehead atoms. The fourth-order valence-electron chi connectivity index (χ4n) is 2.04. The highest BCUT2D eigenvalue weighted by atomic mass is 79.9. The molecule has 0 aromatic heterocycles. The van der Waals surface area contributed by atoms with Gasteiger partial charge in [0.1, 0.15) is 0 Å². The zero-order valence-electron chi connectivity index (χ0n) is 10.1. The second-order valence-electron chi connectivity index (χ2n) is 4.44. The van der Waals surface area contributed by atoms with Gasteiger partial charge in [-0.15, -0.1) is 0 Å². The monoisotopic (exact) mass is 330 g/mol. The Kier molecular flexibility index (Phi) is 5.03. The van der Waals surface area contributed by atoms with Gasteiger partial charge in [0.15, 0.2) is 0 Å². The van der Waals surface area contributed by atoms with E-state index in [1.807, 2.05) is 23.1 Å². The molecule has 0 saturated carbocycles. The van der Waals surface area contributed by atoms with Gasteiger partial charge in [-0.3, -0.25) is 4.79 Å².